The second-order valence-electron chi connectivity index (χ2n) is 4.34. The third kappa shape index (κ3) is 3.68. The van der Waals surface area contributed by atoms with Gasteiger partial charge in [0.15, 0.2) is 5.78 Å². The van der Waals surface area contributed by atoms with Crippen LogP contribution >= 0.6 is 11.8 Å². The molecule has 2 aromatic carbocycles. The number of nitro benzene ring substituents is 1. The van der Waals surface area contributed by atoms with Crippen LogP contribution in [0.4, 0.5) is 5.69 Å². The number of ketones is 1. The summed E-state index contributed by atoms with van der Waals surface area (Å²) >= 11 is 1.43. The first-order valence-corrected chi connectivity index (χ1v) is 7.02. The van der Waals surface area contributed by atoms with E-state index in [0.29, 0.717) is 5.56 Å². The zero-order valence-electron chi connectivity index (χ0n) is 10.9. The molecule has 2 rings (SSSR count). The number of carbonyl (C=O) groups is 1. The average molecular weight is 287 g/mol. The number of thioether (sulfide) groups is 1. The van der Waals surface area contributed by atoms with Crippen LogP contribution < -0.4 is 0 Å². The predicted molar refractivity (Wildman–Crippen MR) is 79.3 cm³/mol. The van der Waals surface area contributed by atoms with Gasteiger partial charge in [0.05, 0.1) is 10.7 Å². The Labute approximate surface area is 121 Å². The molecule has 4 nitrogen and oxygen atoms in total. The minimum absolute atomic E-state index is 0.0589. The number of nitrogens with zero attached hydrogens (tertiary/aromatic N) is 1. The van der Waals surface area contributed by atoms with Crippen LogP contribution in [0.1, 0.15) is 15.9 Å². The van der Waals surface area contributed by atoms with Gasteiger partial charge in [0, 0.05) is 22.6 Å². The zero-order valence-corrected chi connectivity index (χ0v) is 11.7. The van der Waals surface area contributed by atoms with Gasteiger partial charge in [-0.1, -0.05) is 29.8 Å². The van der Waals surface area contributed by atoms with Crippen LogP contribution in [0.15, 0.2) is 53.4 Å². The number of hydrogen-bond acceptors (Lipinski definition) is 4. The fourth-order valence-corrected chi connectivity index (χ4v) is 2.64. The lowest BCUT2D eigenvalue weighted by atomic mass is 10.1. The van der Waals surface area contributed by atoms with E-state index in [9.17, 15) is 14.9 Å². The van der Waals surface area contributed by atoms with Crippen molar-refractivity contribution in [2.24, 2.45) is 0 Å². The highest BCUT2D eigenvalue weighted by Gasteiger charge is 2.11. The fraction of sp³-hybridized carbons (Fsp3) is 0.133. The minimum Gasteiger partial charge on any atom is -0.293 e. The van der Waals surface area contributed by atoms with Gasteiger partial charge < -0.3 is 0 Å². The highest BCUT2D eigenvalue weighted by Crippen LogP contribution is 2.21. The Morgan fingerprint density at radius 1 is 1.20 bits per heavy atom. The molecule has 0 aliphatic carbocycles. The number of benzene rings is 2. The van der Waals surface area contributed by atoms with Crippen LogP contribution in [0.25, 0.3) is 0 Å². The van der Waals surface area contributed by atoms with Gasteiger partial charge in [0.25, 0.3) is 5.69 Å². The first-order valence-electron chi connectivity index (χ1n) is 6.03. The van der Waals surface area contributed by atoms with Gasteiger partial charge in [-0.05, 0) is 19.1 Å². The Morgan fingerprint density at radius 3 is 2.65 bits per heavy atom. The molecule has 0 atom stereocenters. The van der Waals surface area contributed by atoms with Crippen LogP contribution in [0, 0.1) is 17.0 Å². The molecule has 0 aliphatic heterocycles. The summed E-state index contributed by atoms with van der Waals surface area (Å²) in [4.78, 5) is 23.2. The number of nitro groups is 1. The predicted octanol–water partition coefficient (Wildman–Crippen LogP) is 3.88. The summed E-state index contributed by atoms with van der Waals surface area (Å²) in [7, 11) is 0. The summed E-state index contributed by atoms with van der Waals surface area (Å²) in [6.07, 6.45) is 0. The van der Waals surface area contributed by atoms with Crippen molar-refractivity contribution in [3.63, 3.8) is 0 Å². The zero-order chi connectivity index (χ0) is 14.5. The van der Waals surface area contributed by atoms with Gasteiger partial charge in [-0.25, -0.2) is 0 Å². The molecule has 0 amide bonds. The van der Waals surface area contributed by atoms with Crippen molar-refractivity contribution in [3.05, 3.63) is 69.8 Å². The van der Waals surface area contributed by atoms with Crippen LogP contribution in [0.2, 0.25) is 0 Å². The number of aryl methyl sites for hydroxylation is 1. The lowest BCUT2D eigenvalue weighted by molar-refractivity contribution is -0.384. The Morgan fingerprint density at radius 2 is 1.95 bits per heavy atom. The van der Waals surface area contributed by atoms with Crippen LogP contribution in [-0.4, -0.2) is 16.5 Å². The maximum atomic E-state index is 12.0. The molecule has 0 N–H and O–H groups in total. The molecule has 0 heterocycles. The average Bonchev–Trinajstić information content (AvgIpc) is 2.45. The van der Waals surface area contributed by atoms with E-state index in [1.54, 1.807) is 6.07 Å². The molecule has 0 unspecified atom stereocenters. The molecule has 102 valence electrons. The van der Waals surface area contributed by atoms with Gasteiger partial charge in [-0.3, -0.25) is 14.9 Å². The summed E-state index contributed by atoms with van der Waals surface area (Å²) in [5.41, 5.74) is 1.45. The van der Waals surface area contributed by atoms with Crippen LogP contribution in [0.3, 0.4) is 0 Å². The molecule has 0 radical (unpaired) electrons. The van der Waals surface area contributed by atoms with Crippen molar-refractivity contribution in [1.82, 2.24) is 0 Å². The number of carbonyl (C=O) groups excluding carboxylic acids is 1. The number of hydrogen-bond donors (Lipinski definition) is 0. The molecular weight excluding hydrogens is 274 g/mol. The first-order chi connectivity index (χ1) is 9.56. The van der Waals surface area contributed by atoms with E-state index in [1.807, 2.05) is 31.2 Å². The Hall–Kier alpha value is -2.14. The normalized spacial score (nSPS) is 10.2. The Balaban J connectivity index is 2.05. The summed E-state index contributed by atoms with van der Waals surface area (Å²) in [6, 6.07) is 13.7. The van der Waals surface area contributed by atoms with Gasteiger partial charge in [0.2, 0.25) is 0 Å². The summed E-state index contributed by atoms with van der Waals surface area (Å²) < 4.78 is 0. The molecule has 0 spiro atoms. The molecule has 0 saturated carbocycles. The molecule has 0 bridgehead atoms. The molecule has 0 fully saturated rings. The lowest BCUT2D eigenvalue weighted by Crippen LogP contribution is -2.03. The largest absolute Gasteiger partial charge is 0.293 e. The van der Waals surface area contributed by atoms with E-state index in [4.69, 9.17) is 0 Å². The van der Waals surface area contributed by atoms with Crippen LogP contribution in [0.5, 0.6) is 0 Å². The van der Waals surface area contributed by atoms with Gasteiger partial charge >= 0.3 is 0 Å². The second-order valence-corrected chi connectivity index (χ2v) is 5.38. The number of non-ortho nitro benzene ring substituents is 1. The van der Waals surface area contributed by atoms with E-state index in [2.05, 4.69) is 0 Å². The number of rotatable bonds is 5. The van der Waals surface area contributed by atoms with Crippen molar-refractivity contribution in [1.29, 1.82) is 0 Å². The van der Waals surface area contributed by atoms with Crippen molar-refractivity contribution < 1.29 is 9.72 Å². The van der Waals surface area contributed by atoms with Crippen molar-refractivity contribution in [2.75, 3.05) is 5.75 Å². The molecule has 2 aromatic rings. The molecule has 5 heteroatoms. The molecular formula is C15H13NO3S. The first kappa shape index (κ1) is 14.3. The number of Topliss-reactive ketones (excluding diaryl/α,β-unsaturated/α-hetero) is 1. The lowest BCUT2D eigenvalue weighted by Gasteiger charge is -2.03. The molecule has 0 aromatic heterocycles. The summed E-state index contributed by atoms with van der Waals surface area (Å²) in [5, 5.41) is 10.7. The maximum absolute atomic E-state index is 12.0. The Bertz CT molecular complexity index is 655. The summed E-state index contributed by atoms with van der Waals surface area (Å²) in [5.74, 6) is 0.158. The van der Waals surface area contributed by atoms with Crippen LogP contribution in [-0.2, 0) is 0 Å². The maximum Gasteiger partial charge on any atom is 0.270 e. The highest BCUT2D eigenvalue weighted by atomic mass is 32.2. The monoisotopic (exact) mass is 287 g/mol. The standard InChI is InChI=1S/C15H13NO3S/c1-11-4-2-7-14(8-11)20-10-15(17)12-5-3-6-13(9-12)16(18)19/h2-9H,10H2,1H3. The smallest absolute Gasteiger partial charge is 0.270 e. The Kier molecular flexibility index (Phi) is 4.53. The highest BCUT2D eigenvalue weighted by molar-refractivity contribution is 8.00. The fourth-order valence-electron chi connectivity index (χ4n) is 1.73. The van der Waals surface area contributed by atoms with E-state index in [-0.39, 0.29) is 17.2 Å². The summed E-state index contributed by atoms with van der Waals surface area (Å²) in [6.45, 7) is 1.99. The van der Waals surface area contributed by atoms with E-state index in [0.717, 1.165) is 10.5 Å². The van der Waals surface area contributed by atoms with Gasteiger partial charge in [-0.2, -0.15) is 0 Å². The quantitative estimate of drug-likeness (QED) is 0.362. The van der Waals surface area contributed by atoms with Crippen molar-refractivity contribution in [3.8, 4) is 0 Å². The third-order valence-electron chi connectivity index (χ3n) is 2.74. The molecule has 20 heavy (non-hydrogen) atoms. The molecule has 0 aliphatic rings. The third-order valence-corrected chi connectivity index (χ3v) is 3.73. The molecule has 0 saturated heterocycles. The van der Waals surface area contributed by atoms with E-state index >= 15 is 0 Å². The van der Waals surface area contributed by atoms with Gasteiger partial charge in [-0.15, -0.1) is 11.8 Å². The topological polar surface area (TPSA) is 60.2 Å². The van der Waals surface area contributed by atoms with Crippen molar-refractivity contribution in [2.45, 2.75) is 11.8 Å². The van der Waals surface area contributed by atoms with Gasteiger partial charge in [0.1, 0.15) is 0 Å². The second kappa shape index (κ2) is 6.34. The van der Waals surface area contributed by atoms with E-state index < -0.39 is 4.92 Å². The van der Waals surface area contributed by atoms with Crippen molar-refractivity contribution >= 4 is 23.2 Å². The SMILES string of the molecule is Cc1cccc(SCC(=O)c2cccc([N+](=O)[O-])c2)c1. The minimum atomic E-state index is -0.496. The van der Waals surface area contributed by atoms with E-state index in [1.165, 1.54) is 30.0 Å².